The van der Waals surface area contributed by atoms with Gasteiger partial charge in [-0.1, -0.05) is 30.8 Å². The minimum absolute atomic E-state index is 0.00357. The lowest BCUT2D eigenvalue weighted by Crippen LogP contribution is -2.55. The molecule has 2 heterocycles. The van der Waals surface area contributed by atoms with E-state index in [1.54, 1.807) is 7.11 Å². The second kappa shape index (κ2) is 10.3. The fourth-order valence-electron chi connectivity index (χ4n) is 5.31. The predicted molar refractivity (Wildman–Crippen MR) is 144 cm³/mol. The van der Waals surface area contributed by atoms with E-state index in [-0.39, 0.29) is 11.6 Å². The highest BCUT2D eigenvalue weighted by molar-refractivity contribution is 6.08. The van der Waals surface area contributed by atoms with Gasteiger partial charge in [0.25, 0.3) is 0 Å². The maximum absolute atomic E-state index is 13.9. The Morgan fingerprint density at radius 3 is 2.53 bits per heavy atom. The minimum atomic E-state index is -0.747. The Morgan fingerprint density at radius 1 is 1.22 bits per heavy atom. The summed E-state index contributed by atoms with van der Waals surface area (Å²) in [6, 6.07) is 15.7. The molecule has 36 heavy (non-hydrogen) atoms. The molecule has 0 bridgehead atoms. The van der Waals surface area contributed by atoms with Crippen molar-refractivity contribution in [3.05, 3.63) is 66.2 Å². The van der Waals surface area contributed by atoms with Crippen molar-refractivity contribution in [2.24, 2.45) is 10.9 Å². The smallest absolute Gasteiger partial charge is 0.325 e. The molecule has 2 aliphatic heterocycles. The van der Waals surface area contributed by atoms with Gasteiger partial charge in [-0.25, -0.2) is 4.79 Å². The van der Waals surface area contributed by atoms with E-state index < -0.39 is 5.60 Å². The number of urea groups is 1. The number of amides is 2. The molecule has 1 spiro atoms. The lowest BCUT2D eigenvalue weighted by molar-refractivity contribution is 0.00618. The number of rotatable bonds is 8. The summed E-state index contributed by atoms with van der Waals surface area (Å²) in [6.45, 7) is 11.1. The van der Waals surface area contributed by atoms with Crippen molar-refractivity contribution < 1.29 is 14.6 Å². The van der Waals surface area contributed by atoms with Crippen LogP contribution in [0.25, 0.3) is 5.57 Å². The Bertz CT molecular complexity index is 1110. The van der Waals surface area contributed by atoms with Gasteiger partial charge in [0.05, 0.1) is 31.0 Å². The summed E-state index contributed by atoms with van der Waals surface area (Å²) in [5.74, 6) is 6.04. The van der Waals surface area contributed by atoms with Crippen LogP contribution in [0.3, 0.4) is 0 Å². The molecule has 2 aromatic carbocycles. The molecule has 0 aliphatic carbocycles. The third-order valence-corrected chi connectivity index (χ3v) is 7.14. The van der Waals surface area contributed by atoms with Gasteiger partial charge in [0.1, 0.15) is 5.75 Å². The molecule has 4 rings (SSSR count). The number of carbonyl (C=O) groups excluding carboxylic acids is 1. The van der Waals surface area contributed by atoms with Gasteiger partial charge in [-0.2, -0.15) is 5.10 Å². The number of hydrogen-bond donors (Lipinski definition) is 2. The Hall–Kier alpha value is -3.36. The summed E-state index contributed by atoms with van der Waals surface area (Å²) in [7, 11) is 1.65. The molecule has 0 radical (unpaired) electrons. The first-order valence-electron chi connectivity index (χ1n) is 12.3. The Balaban J connectivity index is 1.60. The normalized spacial score (nSPS) is 18.4. The number of methoxy groups -OCH3 is 1. The van der Waals surface area contributed by atoms with Crippen LogP contribution in [0.2, 0.25) is 0 Å². The summed E-state index contributed by atoms with van der Waals surface area (Å²) in [5, 5.41) is 13.9. The number of hydrogen-bond acceptors (Lipinski definition) is 6. The van der Waals surface area contributed by atoms with Crippen LogP contribution in [0.1, 0.15) is 37.8 Å². The number of allylic oxidation sites excluding steroid dienone is 1. The number of piperidine rings is 1. The molecule has 3 N–H and O–H groups in total. The fraction of sp³-hybridized carbons (Fsp3) is 0.429. The van der Waals surface area contributed by atoms with Crippen LogP contribution in [0.15, 0.2) is 60.2 Å². The van der Waals surface area contributed by atoms with Crippen LogP contribution in [0.5, 0.6) is 5.75 Å². The number of nitrogens with zero attached hydrogens (tertiary/aromatic N) is 4. The summed E-state index contributed by atoms with van der Waals surface area (Å²) in [6.07, 6.45) is 3.20. The molecule has 0 saturated carbocycles. The van der Waals surface area contributed by atoms with Gasteiger partial charge in [-0.3, -0.25) is 4.90 Å². The van der Waals surface area contributed by atoms with Crippen LogP contribution in [-0.4, -0.2) is 71.6 Å². The van der Waals surface area contributed by atoms with E-state index in [4.69, 9.17) is 10.6 Å². The van der Waals surface area contributed by atoms with Crippen molar-refractivity contribution >= 4 is 23.5 Å². The van der Waals surface area contributed by atoms with E-state index in [1.807, 2.05) is 72.2 Å². The van der Waals surface area contributed by atoms with Crippen molar-refractivity contribution in [2.45, 2.75) is 44.4 Å². The summed E-state index contributed by atoms with van der Waals surface area (Å²) >= 11 is 0. The zero-order valence-corrected chi connectivity index (χ0v) is 21.5. The maximum Gasteiger partial charge on any atom is 0.325 e. The van der Waals surface area contributed by atoms with E-state index in [9.17, 15) is 9.90 Å². The molecule has 8 nitrogen and oxygen atoms in total. The van der Waals surface area contributed by atoms with Crippen molar-refractivity contribution in [3.8, 4) is 5.75 Å². The van der Waals surface area contributed by atoms with Gasteiger partial charge in [0.2, 0.25) is 0 Å². The van der Waals surface area contributed by atoms with E-state index in [0.29, 0.717) is 25.2 Å². The Kier molecular flexibility index (Phi) is 7.38. The van der Waals surface area contributed by atoms with Crippen LogP contribution in [-0.2, 0) is 6.54 Å². The number of nitrogens with two attached hydrogens (primary N) is 1. The quantitative estimate of drug-likeness (QED) is 0.334. The molecular formula is C28H37N5O3. The van der Waals surface area contributed by atoms with Crippen molar-refractivity contribution in [3.63, 3.8) is 0 Å². The zero-order chi connectivity index (χ0) is 25.9. The molecular weight excluding hydrogens is 454 g/mol. The Morgan fingerprint density at radius 2 is 1.92 bits per heavy atom. The van der Waals surface area contributed by atoms with E-state index in [2.05, 4.69) is 16.6 Å². The number of carbonyl (C=O) groups is 1. The van der Waals surface area contributed by atoms with Crippen molar-refractivity contribution in [1.82, 2.24) is 9.80 Å². The molecule has 2 fully saturated rings. The van der Waals surface area contributed by atoms with Gasteiger partial charge in [-0.05, 0) is 67.7 Å². The molecule has 2 saturated heterocycles. The third kappa shape index (κ3) is 5.55. The predicted octanol–water partition coefficient (Wildman–Crippen LogP) is 3.70. The molecule has 2 aliphatic rings. The molecule has 192 valence electrons. The molecule has 8 heteroatoms. The lowest BCUT2D eigenvalue weighted by Gasteiger charge is -2.44. The molecule has 0 unspecified atom stereocenters. The second-order valence-electron chi connectivity index (χ2n) is 10.5. The van der Waals surface area contributed by atoms with Crippen LogP contribution in [0.4, 0.5) is 10.5 Å². The number of hydrazone groups is 1. The number of β-amino-alcohol motifs (C(OH)–C–C–N with tert-alkyl or cyclic N) is 1. The van der Waals surface area contributed by atoms with E-state index >= 15 is 0 Å². The highest BCUT2D eigenvalue weighted by atomic mass is 16.5. The highest BCUT2D eigenvalue weighted by Gasteiger charge is 2.51. The number of aliphatic hydroxyl groups is 1. The van der Waals surface area contributed by atoms with Gasteiger partial charge in [0, 0.05) is 31.9 Å². The molecule has 2 aromatic rings. The van der Waals surface area contributed by atoms with Crippen LogP contribution >= 0.6 is 0 Å². The zero-order valence-electron chi connectivity index (χ0n) is 21.5. The third-order valence-electron chi connectivity index (χ3n) is 7.14. The largest absolute Gasteiger partial charge is 0.497 e. The summed E-state index contributed by atoms with van der Waals surface area (Å²) < 4.78 is 5.41. The second-order valence-corrected chi connectivity index (χ2v) is 10.5. The fourth-order valence-corrected chi connectivity index (χ4v) is 5.31. The summed E-state index contributed by atoms with van der Waals surface area (Å²) in [5.41, 5.74) is 2.48. The Labute approximate surface area is 213 Å². The number of anilines is 1. The topological polar surface area (TPSA) is 94.6 Å². The summed E-state index contributed by atoms with van der Waals surface area (Å²) in [4.78, 5) is 20.1. The van der Waals surface area contributed by atoms with Gasteiger partial charge >= 0.3 is 6.03 Å². The lowest BCUT2D eigenvalue weighted by atomic mass is 9.85. The first-order valence-corrected chi connectivity index (χ1v) is 12.3. The van der Waals surface area contributed by atoms with Crippen molar-refractivity contribution in [2.75, 3.05) is 38.2 Å². The number of ether oxygens (including phenoxy) is 1. The monoisotopic (exact) mass is 491 g/mol. The van der Waals surface area contributed by atoms with Crippen molar-refractivity contribution in [1.29, 1.82) is 0 Å². The van der Waals surface area contributed by atoms with Gasteiger partial charge in [-0.15, -0.1) is 0 Å². The minimum Gasteiger partial charge on any atom is -0.497 e. The molecule has 0 atom stereocenters. The van der Waals surface area contributed by atoms with Gasteiger partial charge in [0.15, 0.2) is 0 Å². The SMILES string of the molecule is C=C(/C=N\N)c1ccc(N2CC3(CCN(CC(C)(C)O)CC3)N(Cc3cccc(OC)c3)C2=O)cc1. The average Bonchev–Trinajstić information content (AvgIpc) is 3.11. The average molecular weight is 492 g/mol. The number of benzene rings is 2. The molecule has 2 amide bonds. The van der Waals surface area contributed by atoms with E-state index in [1.165, 1.54) is 6.21 Å². The first-order chi connectivity index (χ1) is 17.1. The highest BCUT2D eigenvalue weighted by Crippen LogP contribution is 2.40. The van der Waals surface area contributed by atoms with Crippen LogP contribution in [0, 0.1) is 0 Å². The first kappa shape index (κ1) is 25.7. The maximum atomic E-state index is 13.9. The van der Waals surface area contributed by atoms with Crippen LogP contribution < -0.4 is 15.5 Å². The molecule has 0 aromatic heterocycles. The van der Waals surface area contributed by atoms with E-state index in [0.717, 1.165) is 48.5 Å². The van der Waals surface area contributed by atoms with Gasteiger partial charge < -0.3 is 25.5 Å². The number of likely N-dealkylation sites (tertiary alicyclic amines) is 1. The standard InChI is InChI=1S/C28H37N5O3/c1-21(17-30-29)23-8-10-24(11-9-23)32-20-28(12-14-31(15-13-28)19-27(2,3)35)33(26(32)34)18-22-6-5-7-25(16-22)36-4/h5-11,16-17,35H,1,12-15,18-20,29H2,2-4H3/b30-17-.